The Hall–Kier alpha value is -3.31. The van der Waals surface area contributed by atoms with Crippen LogP contribution >= 0.6 is 11.6 Å². The molecule has 0 aliphatic carbocycles. The maximum absolute atomic E-state index is 12.1. The van der Waals surface area contributed by atoms with Gasteiger partial charge in [-0.25, -0.2) is 5.43 Å². The molecule has 0 aliphatic rings. The molecular formula is C24H23ClN2O3. The van der Waals surface area contributed by atoms with E-state index in [4.69, 9.17) is 21.1 Å². The van der Waals surface area contributed by atoms with Gasteiger partial charge in [0.25, 0.3) is 0 Å². The summed E-state index contributed by atoms with van der Waals surface area (Å²) < 4.78 is 11.3. The second kappa shape index (κ2) is 11.0. The molecule has 3 aromatic carbocycles. The van der Waals surface area contributed by atoms with Crippen LogP contribution in [0, 0.1) is 0 Å². The highest BCUT2D eigenvalue weighted by atomic mass is 35.5. The van der Waals surface area contributed by atoms with E-state index in [2.05, 4.69) is 10.5 Å². The predicted octanol–water partition coefficient (Wildman–Crippen LogP) is 5.01. The number of hydrazone groups is 1. The fraction of sp³-hybridized carbons (Fsp3) is 0.167. The summed E-state index contributed by atoms with van der Waals surface area (Å²) in [7, 11) is 0. The van der Waals surface area contributed by atoms with Crippen molar-refractivity contribution < 1.29 is 14.3 Å². The van der Waals surface area contributed by atoms with Crippen LogP contribution in [0.1, 0.15) is 23.6 Å². The van der Waals surface area contributed by atoms with Crippen molar-refractivity contribution in [1.82, 2.24) is 5.43 Å². The van der Waals surface area contributed by atoms with E-state index in [1.807, 2.05) is 79.7 Å². The molecule has 0 atom stereocenters. The van der Waals surface area contributed by atoms with Crippen LogP contribution in [0.4, 0.5) is 0 Å². The fourth-order valence-corrected chi connectivity index (χ4v) is 2.86. The molecule has 154 valence electrons. The van der Waals surface area contributed by atoms with Crippen molar-refractivity contribution in [2.24, 2.45) is 5.10 Å². The lowest BCUT2D eigenvalue weighted by Gasteiger charge is -2.09. The van der Waals surface area contributed by atoms with E-state index >= 15 is 0 Å². The SMILES string of the molecule is CCOc1ccc(CC(=O)N/N=C/c2ccccc2OCc2ccc(Cl)cc2)cc1. The lowest BCUT2D eigenvalue weighted by atomic mass is 10.1. The molecule has 0 aromatic heterocycles. The molecule has 1 amide bonds. The van der Waals surface area contributed by atoms with Crippen LogP contribution in [-0.2, 0) is 17.8 Å². The minimum Gasteiger partial charge on any atom is -0.494 e. The van der Waals surface area contributed by atoms with Gasteiger partial charge < -0.3 is 9.47 Å². The Morgan fingerprint density at radius 2 is 1.67 bits per heavy atom. The molecule has 1 N–H and O–H groups in total. The van der Waals surface area contributed by atoms with E-state index in [0.717, 1.165) is 22.4 Å². The molecule has 0 saturated carbocycles. The number of carbonyl (C=O) groups is 1. The first-order valence-electron chi connectivity index (χ1n) is 9.64. The van der Waals surface area contributed by atoms with Gasteiger partial charge in [-0.1, -0.05) is 48.0 Å². The highest BCUT2D eigenvalue weighted by Crippen LogP contribution is 2.18. The topological polar surface area (TPSA) is 59.9 Å². The molecule has 0 radical (unpaired) electrons. The summed E-state index contributed by atoms with van der Waals surface area (Å²) in [5.74, 6) is 1.27. The first-order valence-corrected chi connectivity index (χ1v) is 10.0. The Morgan fingerprint density at radius 3 is 2.40 bits per heavy atom. The van der Waals surface area contributed by atoms with Gasteiger partial charge in [-0.15, -0.1) is 0 Å². The first-order chi connectivity index (χ1) is 14.6. The first kappa shape index (κ1) is 21.4. The van der Waals surface area contributed by atoms with Gasteiger partial charge in [0.15, 0.2) is 0 Å². The summed E-state index contributed by atoms with van der Waals surface area (Å²) >= 11 is 5.91. The van der Waals surface area contributed by atoms with Crippen LogP contribution in [-0.4, -0.2) is 18.7 Å². The van der Waals surface area contributed by atoms with E-state index in [9.17, 15) is 4.79 Å². The van der Waals surface area contributed by atoms with Crippen LogP contribution in [0.2, 0.25) is 5.02 Å². The number of rotatable bonds is 9. The largest absolute Gasteiger partial charge is 0.494 e. The van der Waals surface area contributed by atoms with Crippen LogP contribution in [0.5, 0.6) is 11.5 Å². The van der Waals surface area contributed by atoms with Crippen molar-refractivity contribution in [2.45, 2.75) is 20.0 Å². The molecule has 0 heterocycles. The molecule has 0 aliphatic heterocycles. The summed E-state index contributed by atoms with van der Waals surface area (Å²) in [6.45, 7) is 2.95. The molecular weight excluding hydrogens is 400 g/mol. The summed E-state index contributed by atoms with van der Waals surface area (Å²) in [6, 6.07) is 22.4. The minimum atomic E-state index is -0.199. The van der Waals surface area contributed by atoms with E-state index < -0.39 is 0 Å². The number of halogens is 1. The van der Waals surface area contributed by atoms with Gasteiger partial charge in [0.1, 0.15) is 18.1 Å². The molecule has 0 fully saturated rings. The summed E-state index contributed by atoms with van der Waals surface area (Å²) in [5.41, 5.74) is 5.22. The van der Waals surface area contributed by atoms with Crippen molar-refractivity contribution in [3.8, 4) is 11.5 Å². The smallest absolute Gasteiger partial charge is 0.244 e. The quantitative estimate of drug-likeness (QED) is 0.389. The summed E-state index contributed by atoms with van der Waals surface area (Å²) in [5, 5.41) is 4.75. The van der Waals surface area contributed by atoms with Gasteiger partial charge in [-0.05, 0) is 54.4 Å². The number of para-hydroxylation sites is 1. The number of carbonyl (C=O) groups excluding carboxylic acids is 1. The van der Waals surface area contributed by atoms with Crippen molar-refractivity contribution in [1.29, 1.82) is 0 Å². The molecule has 5 nitrogen and oxygen atoms in total. The van der Waals surface area contributed by atoms with Crippen molar-refractivity contribution in [3.05, 3.63) is 94.5 Å². The average molecular weight is 423 g/mol. The zero-order valence-corrected chi connectivity index (χ0v) is 17.4. The van der Waals surface area contributed by atoms with E-state index in [0.29, 0.717) is 24.0 Å². The number of amides is 1. The Kier molecular flexibility index (Phi) is 7.86. The summed E-state index contributed by atoms with van der Waals surface area (Å²) in [6.07, 6.45) is 1.81. The average Bonchev–Trinajstić information content (AvgIpc) is 2.76. The lowest BCUT2D eigenvalue weighted by molar-refractivity contribution is -0.120. The maximum atomic E-state index is 12.1. The highest BCUT2D eigenvalue weighted by molar-refractivity contribution is 6.30. The number of hydrogen-bond acceptors (Lipinski definition) is 4. The van der Waals surface area contributed by atoms with Gasteiger partial charge in [-0.2, -0.15) is 5.10 Å². The van der Waals surface area contributed by atoms with Crippen LogP contribution in [0.15, 0.2) is 77.9 Å². The van der Waals surface area contributed by atoms with E-state index in [1.165, 1.54) is 0 Å². The van der Waals surface area contributed by atoms with Crippen LogP contribution in [0.25, 0.3) is 0 Å². The molecule has 3 rings (SSSR count). The maximum Gasteiger partial charge on any atom is 0.244 e. The van der Waals surface area contributed by atoms with Crippen LogP contribution in [0.3, 0.4) is 0 Å². The van der Waals surface area contributed by atoms with Gasteiger partial charge in [-0.3, -0.25) is 4.79 Å². The highest BCUT2D eigenvalue weighted by Gasteiger charge is 2.04. The number of benzene rings is 3. The number of hydrogen-bond donors (Lipinski definition) is 1. The Bertz CT molecular complexity index is 986. The monoisotopic (exact) mass is 422 g/mol. The van der Waals surface area contributed by atoms with Gasteiger partial charge in [0.05, 0.1) is 19.2 Å². The van der Waals surface area contributed by atoms with Gasteiger partial charge in [0, 0.05) is 10.6 Å². The Balaban J connectivity index is 1.54. The summed E-state index contributed by atoms with van der Waals surface area (Å²) in [4.78, 5) is 12.1. The standard InChI is InChI=1S/C24H23ClN2O3/c1-2-29-22-13-9-18(10-14-22)15-24(28)27-26-16-20-5-3-4-6-23(20)30-17-19-7-11-21(25)12-8-19/h3-14,16H,2,15,17H2,1H3,(H,27,28)/b26-16+. The molecule has 30 heavy (non-hydrogen) atoms. The third-order valence-corrected chi connectivity index (χ3v) is 4.47. The zero-order valence-electron chi connectivity index (χ0n) is 16.7. The molecule has 0 saturated heterocycles. The second-order valence-electron chi connectivity index (χ2n) is 6.50. The zero-order chi connectivity index (χ0) is 21.2. The Morgan fingerprint density at radius 1 is 0.967 bits per heavy atom. The van der Waals surface area contributed by atoms with Crippen molar-refractivity contribution >= 4 is 23.7 Å². The molecule has 6 heteroatoms. The van der Waals surface area contributed by atoms with Gasteiger partial charge in [0.2, 0.25) is 5.91 Å². The van der Waals surface area contributed by atoms with Gasteiger partial charge >= 0.3 is 0 Å². The fourth-order valence-electron chi connectivity index (χ4n) is 2.73. The third kappa shape index (κ3) is 6.64. The number of nitrogens with one attached hydrogen (secondary N) is 1. The predicted molar refractivity (Wildman–Crippen MR) is 119 cm³/mol. The lowest BCUT2D eigenvalue weighted by Crippen LogP contribution is -2.19. The molecule has 0 bridgehead atoms. The van der Waals surface area contributed by atoms with Crippen LogP contribution < -0.4 is 14.9 Å². The second-order valence-corrected chi connectivity index (χ2v) is 6.94. The minimum absolute atomic E-state index is 0.199. The van der Waals surface area contributed by atoms with Crippen molar-refractivity contribution in [2.75, 3.05) is 6.61 Å². The third-order valence-electron chi connectivity index (χ3n) is 4.22. The molecule has 3 aromatic rings. The molecule has 0 spiro atoms. The molecule has 0 unspecified atom stereocenters. The van der Waals surface area contributed by atoms with Crippen molar-refractivity contribution in [3.63, 3.8) is 0 Å². The van der Waals surface area contributed by atoms with E-state index in [-0.39, 0.29) is 12.3 Å². The number of nitrogens with zero attached hydrogens (tertiary/aromatic N) is 1. The Labute approximate surface area is 181 Å². The van der Waals surface area contributed by atoms with E-state index in [1.54, 1.807) is 6.21 Å². The normalized spacial score (nSPS) is 10.7. The number of ether oxygens (including phenoxy) is 2.